The van der Waals surface area contributed by atoms with E-state index in [1.165, 1.54) is 28.9 Å². The van der Waals surface area contributed by atoms with Crippen LogP contribution in [0, 0.1) is 11.6 Å². The lowest BCUT2D eigenvalue weighted by atomic mass is 10.1. The molecule has 1 aromatic carbocycles. The van der Waals surface area contributed by atoms with Gasteiger partial charge in [-0.15, -0.1) is 0 Å². The molecule has 4 rings (SSSR count). The molecular formula is C22H17F2N5O. The first-order valence-corrected chi connectivity index (χ1v) is 9.20. The van der Waals surface area contributed by atoms with Crippen molar-refractivity contribution in [3.05, 3.63) is 96.1 Å². The van der Waals surface area contributed by atoms with Gasteiger partial charge in [0.25, 0.3) is 5.91 Å². The van der Waals surface area contributed by atoms with Crippen LogP contribution >= 0.6 is 0 Å². The molecule has 0 saturated heterocycles. The van der Waals surface area contributed by atoms with Gasteiger partial charge in [-0.25, -0.2) is 18.4 Å². The number of halogens is 2. The Hall–Kier alpha value is -3.94. The van der Waals surface area contributed by atoms with E-state index in [9.17, 15) is 13.6 Å². The maximum absolute atomic E-state index is 13.2. The Morgan fingerprint density at radius 3 is 2.30 bits per heavy atom. The van der Waals surface area contributed by atoms with Crippen LogP contribution < -0.4 is 5.32 Å². The zero-order valence-corrected chi connectivity index (χ0v) is 16.0. The van der Waals surface area contributed by atoms with E-state index in [0.717, 1.165) is 18.0 Å². The molecule has 0 fully saturated rings. The summed E-state index contributed by atoms with van der Waals surface area (Å²) in [6.07, 6.45) is 3.73. The summed E-state index contributed by atoms with van der Waals surface area (Å²) in [6.45, 7) is 1.76. The van der Waals surface area contributed by atoms with Crippen molar-refractivity contribution in [1.29, 1.82) is 0 Å². The molecule has 30 heavy (non-hydrogen) atoms. The van der Waals surface area contributed by atoms with E-state index < -0.39 is 17.7 Å². The van der Waals surface area contributed by atoms with Gasteiger partial charge in [0.05, 0.1) is 29.7 Å². The number of hydrogen-bond donors (Lipinski definition) is 1. The van der Waals surface area contributed by atoms with E-state index in [-0.39, 0.29) is 5.91 Å². The van der Waals surface area contributed by atoms with E-state index in [1.807, 2.05) is 30.3 Å². The molecular weight excluding hydrogens is 388 g/mol. The lowest BCUT2D eigenvalue weighted by Crippen LogP contribution is -2.27. The summed E-state index contributed by atoms with van der Waals surface area (Å²) in [5, 5.41) is 7.36. The second-order valence-corrected chi connectivity index (χ2v) is 6.63. The molecule has 1 N–H and O–H groups in total. The van der Waals surface area contributed by atoms with Crippen molar-refractivity contribution < 1.29 is 13.6 Å². The molecule has 0 unspecified atom stereocenters. The Morgan fingerprint density at radius 1 is 0.967 bits per heavy atom. The molecule has 150 valence electrons. The molecule has 1 atom stereocenters. The van der Waals surface area contributed by atoms with Crippen LogP contribution in [0.4, 0.5) is 8.78 Å². The summed E-state index contributed by atoms with van der Waals surface area (Å²) in [4.78, 5) is 21.1. The molecule has 3 heterocycles. The number of nitrogens with zero attached hydrogens (tertiary/aromatic N) is 4. The average Bonchev–Trinajstić information content (AvgIpc) is 3.21. The number of nitrogens with one attached hydrogen (secondary N) is 1. The molecule has 3 aromatic heterocycles. The Morgan fingerprint density at radius 2 is 1.67 bits per heavy atom. The highest BCUT2D eigenvalue weighted by atomic mass is 19.1. The van der Waals surface area contributed by atoms with Gasteiger partial charge in [-0.3, -0.25) is 9.78 Å². The highest BCUT2D eigenvalue weighted by Crippen LogP contribution is 2.24. The topological polar surface area (TPSA) is 72.7 Å². The zero-order chi connectivity index (χ0) is 21.1. The Kier molecular flexibility index (Phi) is 5.30. The van der Waals surface area contributed by atoms with Crippen molar-refractivity contribution >= 4 is 5.91 Å². The Labute approximate surface area is 171 Å². The first-order valence-electron chi connectivity index (χ1n) is 9.20. The van der Waals surface area contributed by atoms with Gasteiger partial charge in [0.1, 0.15) is 17.3 Å². The van der Waals surface area contributed by atoms with Gasteiger partial charge in [0, 0.05) is 11.8 Å². The second kappa shape index (κ2) is 8.20. The third-order valence-corrected chi connectivity index (χ3v) is 4.49. The van der Waals surface area contributed by atoms with Gasteiger partial charge < -0.3 is 5.32 Å². The fourth-order valence-electron chi connectivity index (χ4n) is 2.96. The van der Waals surface area contributed by atoms with Crippen molar-refractivity contribution in [3.8, 4) is 17.1 Å². The standard InChI is InChI=1S/C22H17F2N5O/c1-14(19-9-7-16(23)11-25-19)27-22(30)18-13-29(20-10-8-17(24)12-26-20)28-21(18)15-5-3-2-4-6-15/h2-14H,1H3,(H,27,30)/t14-/m1/s1. The maximum Gasteiger partial charge on any atom is 0.255 e. The third-order valence-electron chi connectivity index (χ3n) is 4.49. The summed E-state index contributed by atoms with van der Waals surface area (Å²) in [5.41, 5.74) is 2.05. The first kappa shape index (κ1) is 19.4. The summed E-state index contributed by atoms with van der Waals surface area (Å²) in [7, 11) is 0. The molecule has 6 nitrogen and oxygen atoms in total. The van der Waals surface area contributed by atoms with Crippen molar-refractivity contribution in [2.45, 2.75) is 13.0 Å². The van der Waals surface area contributed by atoms with Crippen LogP contribution in [0.25, 0.3) is 17.1 Å². The van der Waals surface area contributed by atoms with Gasteiger partial charge in [0.15, 0.2) is 5.82 Å². The molecule has 0 aliphatic heterocycles. The number of carbonyl (C=O) groups excluding carboxylic acids is 1. The molecule has 0 saturated carbocycles. The molecule has 0 bridgehead atoms. The van der Waals surface area contributed by atoms with Gasteiger partial charge in [-0.1, -0.05) is 30.3 Å². The molecule has 8 heteroatoms. The molecule has 0 spiro atoms. The predicted molar refractivity (Wildman–Crippen MR) is 107 cm³/mol. The van der Waals surface area contributed by atoms with Crippen molar-refractivity contribution in [2.24, 2.45) is 0 Å². The first-order chi connectivity index (χ1) is 14.5. The zero-order valence-electron chi connectivity index (χ0n) is 16.0. The molecule has 0 aliphatic rings. The van der Waals surface area contributed by atoms with Gasteiger partial charge in [0.2, 0.25) is 0 Å². The lowest BCUT2D eigenvalue weighted by molar-refractivity contribution is 0.0939. The second-order valence-electron chi connectivity index (χ2n) is 6.63. The summed E-state index contributed by atoms with van der Waals surface area (Å²) < 4.78 is 27.8. The number of amides is 1. The molecule has 0 radical (unpaired) electrons. The highest BCUT2D eigenvalue weighted by Gasteiger charge is 2.21. The van der Waals surface area contributed by atoms with Gasteiger partial charge in [-0.05, 0) is 31.2 Å². The highest BCUT2D eigenvalue weighted by molar-refractivity contribution is 6.00. The maximum atomic E-state index is 13.2. The smallest absolute Gasteiger partial charge is 0.255 e. The van der Waals surface area contributed by atoms with Crippen LogP contribution in [0.5, 0.6) is 0 Å². The fraction of sp³-hybridized carbons (Fsp3) is 0.0909. The number of carbonyl (C=O) groups is 1. The minimum atomic E-state index is -0.465. The van der Waals surface area contributed by atoms with Gasteiger partial charge >= 0.3 is 0 Å². The Balaban J connectivity index is 1.69. The van der Waals surface area contributed by atoms with E-state index in [0.29, 0.717) is 22.8 Å². The van der Waals surface area contributed by atoms with Crippen LogP contribution in [0.1, 0.15) is 29.0 Å². The van der Waals surface area contributed by atoms with Crippen LogP contribution in [-0.2, 0) is 0 Å². The van der Waals surface area contributed by atoms with Crippen LogP contribution in [-0.4, -0.2) is 25.7 Å². The quantitative estimate of drug-likeness (QED) is 0.543. The minimum Gasteiger partial charge on any atom is -0.344 e. The predicted octanol–water partition coefficient (Wildman–Crippen LogP) is 4.10. The van der Waals surface area contributed by atoms with E-state index in [4.69, 9.17) is 0 Å². The van der Waals surface area contributed by atoms with E-state index in [2.05, 4.69) is 20.4 Å². The third kappa shape index (κ3) is 4.07. The van der Waals surface area contributed by atoms with Crippen molar-refractivity contribution in [3.63, 3.8) is 0 Å². The Bertz CT molecular complexity index is 1160. The monoisotopic (exact) mass is 405 g/mol. The molecule has 1 amide bonds. The van der Waals surface area contributed by atoms with E-state index >= 15 is 0 Å². The molecule has 4 aromatic rings. The summed E-state index contributed by atoms with van der Waals surface area (Å²) in [6, 6.07) is 14.3. The normalized spacial score (nSPS) is 11.8. The van der Waals surface area contributed by atoms with E-state index in [1.54, 1.807) is 13.1 Å². The number of pyridine rings is 2. The molecule has 0 aliphatic carbocycles. The van der Waals surface area contributed by atoms with Crippen LogP contribution in [0.2, 0.25) is 0 Å². The van der Waals surface area contributed by atoms with Crippen LogP contribution in [0.3, 0.4) is 0 Å². The van der Waals surface area contributed by atoms with Gasteiger partial charge in [-0.2, -0.15) is 5.10 Å². The number of benzene rings is 1. The lowest BCUT2D eigenvalue weighted by Gasteiger charge is -2.13. The van der Waals surface area contributed by atoms with Crippen LogP contribution in [0.15, 0.2) is 73.2 Å². The largest absolute Gasteiger partial charge is 0.344 e. The number of hydrogen-bond acceptors (Lipinski definition) is 4. The number of aromatic nitrogens is 4. The van der Waals surface area contributed by atoms with Crippen molar-refractivity contribution in [2.75, 3.05) is 0 Å². The SMILES string of the molecule is C[C@@H](NC(=O)c1cn(-c2ccc(F)cn2)nc1-c1ccccc1)c1ccc(F)cn1. The number of rotatable bonds is 5. The summed E-state index contributed by atoms with van der Waals surface area (Å²) >= 11 is 0. The van der Waals surface area contributed by atoms with Crippen molar-refractivity contribution in [1.82, 2.24) is 25.1 Å². The fourth-order valence-corrected chi connectivity index (χ4v) is 2.96. The summed E-state index contributed by atoms with van der Waals surface area (Å²) in [5.74, 6) is -0.911. The minimum absolute atomic E-state index is 0.321. The average molecular weight is 405 g/mol.